The van der Waals surface area contributed by atoms with Crippen molar-refractivity contribution in [1.82, 2.24) is 10.2 Å². The average molecular weight is 343 g/mol. The number of aromatic hydroxyl groups is 1. The van der Waals surface area contributed by atoms with Gasteiger partial charge in [-0.1, -0.05) is 6.07 Å². The molecule has 20 heavy (non-hydrogen) atoms. The molecule has 2 rings (SSSR count). The van der Waals surface area contributed by atoms with Gasteiger partial charge in [-0.05, 0) is 40.5 Å². The van der Waals surface area contributed by atoms with Crippen LogP contribution in [0.4, 0.5) is 0 Å². The van der Waals surface area contributed by atoms with Gasteiger partial charge in [-0.25, -0.2) is 0 Å². The summed E-state index contributed by atoms with van der Waals surface area (Å²) in [5, 5.41) is 12.6. The maximum Gasteiger partial charge on any atom is 0.239 e. The van der Waals surface area contributed by atoms with Crippen LogP contribution in [-0.2, 0) is 16.1 Å². The van der Waals surface area contributed by atoms with Crippen LogP contribution in [0.2, 0.25) is 0 Å². The van der Waals surface area contributed by atoms with E-state index in [0.29, 0.717) is 37.3 Å². The number of hydrogen-bond acceptors (Lipinski definition) is 4. The van der Waals surface area contributed by atoms with E-state index < -0.39 is 0 Å². The summed E-state index contributed by atoms with van der Waals surface area (Å²) in [5.41, 5.74) is 1.01. The van der Waals surface area contributed by atoms with E-state index in [2.05, 4.69) is 21.2 Å². The van der Waals surface area contributed by atoms with Gasteiger partial charge in [-0.2, -0.15) is 0 Å². The lowest BCUT2D eigenvalue weighted by molar-refractivity contribution is -0.137. The monoisotopic (exact) mass is 342 g/mol. The predicted molar refractivity (Wildman–Crippen MR) is 79.5 cm³/mol. The van der Waals surface area contributed by atoms with Crippen molar-refractivity contribution in [2.45, 2.75) is 19.5 Å². The second kappa shape index (κ2) is 7.06. The summed E-state index contributed by atoms with van der Waals surface area (Å²) in [7, 11) is 0. The summed E-state index contributed by atoms with van der Waals surface area (Å²) in [5.74, 6) is 0.317. The molecule has 0 saturated carbocycles. The van der Waals surface area contributed by atoms with Crippen molar-refractivity contribution in [2.75, 3.05) is 26.3 Å². The van der Waals surface area contributed by atoms with Crippen molar-refractivity contribution in [2.24, 2.45) is 0 Å². The van der Waals surface area contributed by atoms with Crippen LogP contribution in [0, 0.1) is 0 Å². The molecule has 1 unspecified atom stereocenters. The first-order valence-electron chi connectivity index (χ1n) is 6.65. The van der Waals surface area contributed by atoms with Gasteiger partial charge in [-0.3, -0.25) is 4.79 Å². The fraction of sp³-hybridized carbons (Fsp3) is 0.500. The maximum atomic E-state index is 12.2. The Morgan fingerprint density at radius 3 is 2.85 bits per heavy atom. The van der Waals surface area contributed by atoms with Gasteiger partial charge in [-0.15, -0.1) is 0 Å². The normalized spacial score (nSPS) is 17.0. The number of amides is 1. The molecule has 0 spiro atoms. The van der Waals surface area contributed by atoms with Crippen LogP contribution in [0.5, 0.6) is 5.75 Å². The third-order valence-electron chi connectivity index (χ3n) is 3.32. The minimum atomic E-state index is -0.235. The van der Waals surface area contributed by atoms with Gasteiger partial charge < -0.3 is 20.1 Å². The zero-order valence-electron chi connectivity index (χ0n) is 11.4. The zero-order chi connectivity index (χ0) is 14.5. The minimum absolute atomic E-state index is 0.103. The van der Waals surface area contributed by atoms with E-state index in [0.717, 1.165) is 5.56 Å². The molecule has 1 aliphatic heterocycles. The molecule has 2 N–H and O–H groups in total. The highest BCUT2D eigenvalue weighted by atomic mass is 79.9. The summed E-state index contributed by atoms with van der Waals surface area (Å²) < 4.78 is 5.90. The molecule has 1 aliphatic rings. The van der Waals surface area contributed by atoms with Crippen LogP contribution in [0.25, 0.3) is 0 Å². The SMILES string of the molecule is CC(NCc1ccc(O)c(Br)c1)C(=O)N1CCOCC1. The van der Waals surface area contributed by atoms with Gasteiger partial charge in [0.15, 0.2) is 0 Å². The molecule has 1 aromatic carbocycles. The highest BCUT2D eigenvalue weighted by molar-refractivity contribution is 9.10. The lowest BCUT2D eigenvalue weighted by Gasteiger charge is -2.29. The molecule has 1 amide bonds. The highest BCUT2D eigenvalue weighted by Gasteiger charge is 2.21. The molecule has 0 bridgehead atoms. The molecule has 1 atom stereocenters. The smallest absolute Gasteiger partial charge is 0.239 e. The lowest BCUT2D eigenvalue weighted by atomic mass is 10.2. The molecule has 1 heterocycles. The summed E-state index contributed by atoms with van der Waals surface area (Å²) in [6.07, 6.45) is 0. The molecule has 0 radical (unpaired) electrons. The summed E-state index contributed by atoms with van der Waals surface area (Å²) in [6, 6.07) is 5.07. The van der Waals surface area contributed by atoms with Crippen molar-refractivity contribution in [3.05, 3.63) is 28.2 Å². The van der Waals surface area contributed by atoms with Gasteiger partial charge >= 0.3 is 0 Å². The summed E-state index contributed by atoms with van der Waals surface area (Å²) >= 11 is 3.28. The lowest BCUT2D eigenvalue weighted by Crippen LogP contribution is -2.49. The first kappa shape index (κ1) is 15.3. The fourth-order valence-corrected chi connectivity index (χ4v) is 2.50. The predicted octanol–water partition coefficient (Wildman–Crippen LogP) is 1.49. The standard InChI is InChI=1S/C14H19BrN2O3/c1-10(14(19)17-4-6-20-7-5-17)16-9-11-2-3-13(18)12(15)8-11/h2-3,8,10,16,18H,4-7,9H2,1H3. The minimum Gasteiger partial charge on any atom is -0.507 e. The van der Waals surface area contributed by atoms with Gasteiger partial charge in [0.25, 0.3) is 0 Å². The number of morpholine rings is 1. The van der Waals surface area contributed by atoms with Crippen molar-refractivity contribution in [3.8, 4) is 5.75 Å². The molecular weight excluding hydrogens is 324 g/mol. The van der Waals surface area contributed by atoms with Crippen LogP contribution in [0.3, 0.4) is 0 Å². The molecule has 1 fully saturated rings. The fourth-order valence-electron chi connectivity index (χ4n) is 2.08. The molecule has 110 valence electrons. The topological polar surface area (TPSA) is 61.8 Å². The Morgan fingerprint density at radius 2 is 2.20 bits per heavy atom. The van der Waals surface area contributed by atoms with Crippen molar-refractivity contribution < 1.29 is 14.6 Å². The number of phenols is 1. The number of benzene rings is 1. The van der Waals surface area contributed by atoms with Crippen LogP contribution in [-0.4, -0.2) is 48.3 Å². The van der Waals surface area contributed by atoms with Crippen LogP contribution in [0.1, 0.15) is 12.5 Å². The Bertz CT molecular complexity index is 475. The van der Waals surface area contributed by atoms with Crippen LogP contribution in [0.15, 0.2) is 22.7 Å². The van der Waals surface area contributed by atoms with Crippen molar-refractivity contribution in [3.63, 3.8) is 0 Å². The molecule has 0 aromatic heterocycles. The van der Waals surface area contributed by atoms with E-state index in [1.54, 1.807) is 6.07 Å². The van der Waals surface area contributed by atoms with Gasteiger partial charge in [0, 0.05) is 19.6 Å². The van der Waals surface area contributed by atoms with Gasteiger partial charge in [0.2, 0.25) is 5.91 Å². The number of hydrogen-bond donors (Lipinski definition) is 2. The molecule has 6 heteroatoms. The molecule has 0 aliphatic carbocycles. The Kier molecular flexibility index (Phi) is 5.39. The van der Waals surface area contributed by atoms with E-state index in [1.807, 2.05) is 24.0 Å². The van der Waals surface area contributed by atoms with Crippen molar-refractivity contribution in [1.29, 1.82) is 0 Å². The van der Waals surface area contributed by atoms with E-state index >= 15 is 0 Å². The van der Waals surface area contributed by atoms with E-state index in [-0.39, 0.29) is 17.7 Å². The second-order valence-corrected chi connectivity index (χ2v) is 5.68. The number of rotatable bonds is 4. The van der Waals surface area contributed by atoms with Gasteiger partial charge in [0.1, 0.15) is 5.75 Å². The third-order valence-corrected chi connectivity index (χ3v) is 3.95. The number of halogens is 1. The van der Waals surface area contributed by atoms with Gasteiger partial charge in [0.05, 0.1) is 23.7 Å². The maximum absolute atomic E-state index is 12.2. The van der Waals surface area contributed by atoms with Crippen LogP contribution < -0.4 is 5.32 Å². The third kappa shape index (κ3) is 3.94. The first-order valence-corrected chi connectivity index (χ1v) is 7.44. The number of carbonyl (C=O) groups excluding carboxylic acids is 1. The van der Waals surface area contributed by atoms with E-state index in [4.69, 9.17) is 4.74 Å². The molecule has 1 saturated heterocycles. The first-order chi connectivity index (χ1) is 9.58. The summed E-state index contributed by atoms with van der Waals surface area (Å²) in [6.45, 7) is 5.00. The van der Waals surface area contributed by atoms with E-state index in [1.165, 1.54) is 0 Å². The number of phenolic OH excluding ortho intramolecular Hbond substituents is 1. The zero-order valence-corrected chi connectivity index (χ0v) is 13.0. The Labute approximate surface area is 127 Å². The average Bonchev–Trinajstić information content (AvgIpc) is 2.48. The van der Waals surface area contributed by atoms with Crippen LogP contribution >= 0.6 is 15.9 Å². The Hall–Kier alpha value is -1.11. The number of carbonyl (C=O) groups is 1. The molecular formula is C14H19BrN2O3. The highest BCUT2D eigenvalue weighted by Crippen LogP contribution is 2.24. The number of nitrogens with one attached hydrogen (secondary N) is 1. The quantitative estimate of drug-likeness (QED) is 0.870. The Balaban J connectivity index is 1.85. The number of ether oxygens (including phenoxy) is 1. The molecule has 5 nitrogen and oxygen atoms in total. The van der Waals surface area contributed by atoms with Crippen molar-refractivity contribution >= 4 is 21.8 Å². The number of nitrogens with zero attached hydrogens (tertiary/aromatic N) is 1. The summed E-state index contributed by atoms with van der Waals surface area (Å²) in [4.78, 5) is 14.0. The second-order valence-electron chi connectivity index (χ2n) is 4.83. The molecule has 1 aromatic rings. The van der Waals surface area contributed by atoms with E-state index in [9.17, 15) is 9.90 Å². The Morgan fingerprint density at radius 1 is 1.50 bits per heavy atom. The largest absolute Gasteiger partial charge is 0.507 e.